The Hall–Kier alpha value is 0.500. The highest BCUT2D eigenvalue weighted by Crippen LogP contribution is 2.03. The van der Waals surface area contributed by atoms with Crippen LogP contribution in [0.3, 0.4) is 0 Å². The highest BCUT2D eigenvalue weighted by atomic mass is 35.5. The molecule has 1 fully saturated rings. The molecule has 0 radical (unpaired) electrons. The Morgan fingerprint density at radius 1 is 1.09 bits per heavy atom. The van der Waals surface area contributed by atoms with Gasteiger partial charge in [-0.2, -0.15) is 0 Å². The minimum absolute atomic E-state index is 0.171. The molecule has 0 atom stereocenters. The molecule has 0 amide bonds. The van der Waals surface area contributed by atoms with Crippen LogP contribution in [0, 0.1) is 0 Å². The van der Waals surface area contributed by atoms with Crippen molar-refractivity contribution >= 4 is 23.2 Å². The van der Waals surface area contributed by atoms with Gasteiger partial charge in [-0.15, -0.1) is 23.2 Å². The van der Waals surface area contributed by atoms with E-state index in [9.17, 15) is 0 Å². The smallest absolute Gasteiger partial charge is 0.107 e. The van der Waals surface area contributed by atoms with Crippen LogP contribution >= 0.6 is 23.2 Å². The van der Waals surface area contributed by atoms with Crippen molar-refractivity contribution in [2.24, 2.45) is 0 Å². The number of hydrogen-bond acceptors (Lipinski definition) is 2. The van der Waals surface area contributed by atoms with Crippen molar-refractivity contribution in [2.45, 2.75) is 18.2 Å². The molecule has 0 aromatic rings. The summed E-state index contributed by atoms with van der Waals surface area (Å²) in [6.07, 6.45) is 0.836. The van der Waals surface area contributed by atoms with Crippen molar-refractivity contribution in [3.63, 3.8) is 0 Å². The van der Waals surface area contributed by atoms with E-state index >= 15 is 0 Å². The van der Waals surface area contributed by atoms with E-state index < -0.39 is 0 Å². The van der Waals surface area contributed by atoms with E-state index in [1.807, 2.05) is 6.92 Å². The van der Waals surface area contributed by atoms with Gasteiger partial charge in [0.2, 0.25) is 0 Å². The Bertz CT molecular complexity index is 63.3. The normalized spacial score (nSPS) is 17.5. The Balaban J connectivity index is 0.000000187. The first kappa shape index (κ1) is 11.5. The lowest BCUT2D eigenvalue weighted by Gasteiger charge is -2.11. The summed E-state index contributed by atoms with van der Waals surface area (Å²) in [5.74, 6) is 0. The van der Waals surface area contributed by atoms with Crippen LogP contribution in [-0.2, 0) is 0 Å². The summed E-state index contributed by atoms with van der Waals surface area (Å²) >= 11 is 10.5. The van der Waals surface area contributed by atoms with Crippen LogP contribution in [0.2, 0.25) is 0 Å². The molecule has 0 unspecified atom stereocenters. The van der Waals surface area contributed by atoms with Crippen LogP contribution in [-0.4, -0.2) is 31.0 Å². The van der Waals surface area contributed by atoms with Crippen molar-refractivity contribution in [3.05, 3.63) is 0 Å². The number of hydrogen-bond donors (Lipinski definition) is 2. The molecule has 2 N–H and O–H groups in total. The highest BCUT2D eigenvalue weighted by molar-refractivity contribution is 6.44. The maximum atomic E-state index is 5.23. The second kappa shape index (κ2) is 8.60. The molecular weight excluding hydrogens is 183 g/mol. The molecular formula is C7H16Cl2N2. The quantitative estimate of drug-likeness (QED) is 0.623. The molecule has 0 saturated carbocycles. The predicted octanol–water partition coefficient (Wildman–Crippen LogP) is 1.38. The third kappa shape index (κ3) is 10.5. The Morgan fingerprint density at radius 3 is 1.45 bits per heavy atom. The zero-order valence-electron chi connectivity index (χ0n) is 6.87. The van der Waals surface area contributed by atoms with Crippen LogP contribution in [0.1, 0.15) is 13.3 Å². The predicted molar refractivity (Wildman–Crippen MR) is 51.5 cm³/mol. The lowest BCUT2D eigenvalue weighted by molar-refractivity contribution is 0.534. The summed E-state index contributed by atoms with van der Waals surface area (Å²) in [4.78, 5) is -0.171. The first-order chi connectivity index (χ1) is 5.27. The summed E-state index contributed by atoms with van der Waals surface area (Å²) < 4.78 is 0. The molecule has 1 heterocycles. The van der Waals surface area contributed by atoms with Crippen LogP contribution in [0.5, 0.6) is 0 Å². The number of piperazine rings is 1. The van der Waals surface area contributed by atoms with Gasteiger partial charge in [-0.25, -0.2) is 0 Å². The van der Waals surface area contributed by atoms with Crippen molar-refractivity contribution in [3.8, 4) is 0 Å². The fourth-order valence-corrected chi connectivity index (χ4v) is 0.604. The minimum Gasteiger partial charge on any atom is -0.314 e. The average molecular weight is 199 g/mol. The van der Waals surface area contributed by atoms with E-state index in [2.05, 4.69) is 10.6 Å². The monoisotopic (exact) mass is 198 g/mol. The van der Waals surface area contributed by atoms with E-state index in [0.29, 0.717) is 0 Å². The van der Waals surface area contributed by atoms with Crippen LogP contribution in [0.4, 0.5) is 0 Å². The van der Waals surface area contributed by atoms with Crippen molar-refractivity contribution in [1.29, 1.82) is 0 Å². The fourth-order valence-electron chi connectivity index (χ4n) is 0.604. The van der Waals surface area contributed by atoms with Gasteiger partial charge in [0.15, 0.2) is 0 Å². The van der Waals surface area contributed by atoms with Gasteiger partial charge in [-0.05, 0) is 6.42 Å². The lowest BCUT2D eigenvalue weighted by Crippen LogP contribution is -2.39. The third-order valence-electron chi connectivity index (χ3n) is 1.27. The number of rotatable bonds is 1. The Labute approximate surface area is 78.6 Å². The zero-order chi connectivity index (χ0) is 8.53. The number of halogens is 2. The summed E-state index contributed by atoms with van der Waals surface area (Å²) in [7, 11) is 0. The second-order valence-electron chi connectivity index (χ2n) is 2.30. The van der Waals surface area contributed by atoms with Crippen LogP contribution in [0.15, 0.2) is 0 Å². The summed E-state index contributed by atoms with van der Waals surface area (Å²) in [6, 6.07) is 0. The molecule has 0 spiro atoms. The third-order valence-corrected chi connectivity index (χ3v) is 1.88. The van der Waals surface area contributed by atoms with E-state index in [0.717, 1.165) is 32.6 Å². The standard InChI is InChI=1S/C4H10N2.C3H6Cl2/c1-2-6-4-3-5-1;1-2-3(4)5/h5-6H,1-4H2;3H,2H2,1H3. The molecule has 4 heteroatoms. The summed E-state index contributed by atoms with van der Waals surface area (Å²) in [5.41, 5.74) is 0. The van der Waals surface area contributed by atoms with Gasteiger partial charge in [0.25, 0.3) is 0 Å². The van der Waals surface area contributed by atoms with Gasteiger partial charge in [0.05, 0.1) is 0 Å². The van der Waals surface area contributed by atoms with Crippen LogP contribution in [0.25, 0.3) is 0 Å². The van der Waals surface area contributed by atoms with Gasteiger partial charge < -0.3 is 10.6 Å². The molecule has 1 aliphatic rings. The zero-order valence-corrected chi connectivity index (χ0v) is 8.38. The molecule has 0 aromatic heterocycles. The summed E-state index contributed by atoms with van der Waals surface area (Å²) in [6.45, 7) is 6.49. The largest absolute Gasteiger partial charge is 0.314 e. The van der Waals surface area contributed by atoms with Gasteiger partial charge in [-0.1, -0.05) is 6.92 Å². The molecule has 0 aliphatic carbocycles. The first-order valence-electron chi connectivity index (χ1n) is 3.97. The van der Waals surface area contributed by atoms with Crippen molar-refractivity contribution in [1.82, 2.24) is 10.6 Å². The molecule has 1 aliphatic heterocycles. The Morgan fingerprint density at radius 2 is 1.36 bits per heavy atom. The number of alkyl halides is 2. The first-order valence-corrected chi connectivity index (χ1v) is 4.84. The Kier molecular flexibility index (Phi) is 8.99. The van der Waals surface area contributed by atoms with Gasteiger partial charge >= 0.3 is 0 Å². The molecule has 2 nitrogen and oxygen atoms in total. The summed E-state index contributed by atoms with van der Waals surface area (Å²) in [5, 5.41) is 6.44. The van der Waals surface area contributed by atoms with Crippen molar-refractivity contribution in [2.75, 3.05) is 26.2 Å². The highest BCUT2D eigenvalue weighted by Gasteiger charge is 1.91. The number of nitrogens with one attached hydrogen (secondary N) is 2. The minimum atomic E-state index is -0.171. The topological polar surface area (TPSA) is 24.1 Å². The van der Waals surface area contributed by atoms with Gasteiger partial charge in [0, 0.05) is 26.2 Å². The van der Waals surface area contributed by atoms with Crippen molar-refractivity contribution < 1.29 is 0 Å². The molecule has 11 heavy (non-hydrogen) atoms. The van der Waals surface area contributed by atoms with Gasteiger partial charge in [-0.3, -0.25) is 0 Å². The SMILES string of the molecule is C1CNCCN1.CCC(Cl)Cl. The van der Waals surface area contributed by atoms with E-state index in [1.165, 1.54) is 0 Å². The molecule has 68 valence electrons. The maximum absolute atomic E-state index is 5.23. The molecule has 1 saturated heterocycles. The van der Waals surface area contributed by atoms with E-state index in [1.54, 1.807) is 0 Å². The maximum Gasteiger partial charge on any atom is 0.107 e. The molecule has 0 aromatic carbocycles. The van der Waals surface area contributed by atoms with Crippen LogP contribution < -0.4 is 10.6 Å². The molecule has 1 rings (SSSR count). The average Bonchev–Trinajstić information content (AvgIpc) is 2.09. The molecule has 0 bridgehead atoms. The van der Waals surface area contributed by atoms with Gasteiger partial charge in [0.1, 0.15) is 4.84 Å². The second-order valence-corrected chi connectivity index (χ2v) is 3.58. The lowest BCUT2D eigenvalue weighted by atomic mass is 10.4. The fraction of sp³-hybridized carbons (Fsp3) is 1.00. The van der Waals surface area contributed by atoms with E-state index in [4.69, 9.17) is 23.2 Å². The van der Waals surface area contributed by atoms with E-state index in [-0.39, 0.29) is 4.84 Å².